The van der Waals surface area contributed by atoms with E-state index in [0.29, 0.717) is 31.2 Å². The predicted molar refractivity (Wildman–Crippen MR) is 93.3 cm³/mol. The monoisotopic (exact) mass is 350 g/mol. The van der Waals surface area contributed by atoms with Crippen LogP contribution in [0.25, 0.3) is 11.5 Å². The number of hydrogen-bond donors (Lipinski definition) is 0. The van der Waals surface area contributed by atoms with E-state index in [2.05, 4.69) is 15.1 Å². The summed E-state index contributed by atoms with van der Waals surface area (Å²) in [5, 5.41) is 4.07. The minimum atomic E-state index is -0.0626. The van der Waals surface area contributed by atoms with Crippen LogP contribution in [0.4, 0.5) is 0 Å². The van der Waals surface area contributed by atoms with Gasteiger partial charge in [-0.25, -0.2) is 0 Å². The maximum absolute atomic E-state index is 12.4. The quantitative estimate of drug-likeness (QED) is 0.704. The van der Waals surface area contributed by atoms with Gasteiger partial charge in [0.1, 0.15) is 5.75 Å². The summed E-state index contributed by atoms with van der Waals surface area (Å²) >= 11 is 0. The number of amides is 1. The fourth-order valence-electron chi connectivity index (χ4n) is 3.10. The van der Waals surface area contributed by atoms with Gasteiger partial charge in [-0.1, -0.05) is 17.3 Å². The number of methoxy groups -OCH3 is 1. The maximum Gasteiger partial charge on any atom is 0.258 e. The van der Waals surface area contributed by atoms with Crippen LogP contribution in [0.15, 0.2) is 53.3 Å². The van der Waals surface area contributed by atoms with Gasteiger partial charge in [-0.05, 0) is 29.8 Å². The first-order chi connectivity index (χ1) is 12.7. The van der Waals surface area contributed by atoms with E-state index >= 15 is 0 Å². The van der Waals surface area contributed by atoms with Crippen molar-refractivity contribution in [1.82, 2.24) is 20.0 Å². The summed E-state index contributed by atoms with van der Waals surface area (Å²) in [4.78, 5) is 22.7. The summed E-state index contributed by atoms with van der Waals surface area (Å²) in [7, 11) is 1.63. The van der Waals surface area contributed by atoms with Gasteiger partial charge in [-0.2, -0.15) is 4.98 Å². The molecule has 0 radical (unpaired) electrons. The summed E-state index contributed by atoms with van der Waals surface area (Å²) in [6, 6.07) is 11.4. The second-order valence-electron chi connectivity index (χ2n) is 6.22. The molecule has 0 aliphatic carbocycles. The number of aromatic nitrogens is 3. The normalized spacial score (nSPS) is 16.9. The van der Waals surface area contributed by atoms with Gasteiger partial charge in [0, 0.05) is 43.4 Å². The maximum atomic E-state index is 12.4. The lowest BCUT2D eigenvalue weighted by Gasteiger charge is -2.16. The van der Waals surface area contributed by atoms with Crippen LogP contribution in [-0.4, -0.2) is 39.6 Å². The van der Waals surface area contributed by atoms with Crippen molar-refractivity contribution in [3.05, 3.63) is 60.2 Å². The van der Waals surface area contributed by atoms with Crippen molar-refractivity contribution < 1.29 is 14.1 Å². The zero-order valence-corrected chi connectivity index (χ0v) is 14.3. The number of rotatable bonds is 5. The molecule has 3 heterocycles. The van der Waals surface area contributed by atoms with E-state index in [0.717, 1.165) is 16.9 Å². The molecule has 0 N–H and O–H groups in total. The van der Waals surface area contributed by atoms with Crippen molar-refractivity contribution >= 4 is 5.91 Å². The molecule has 0 spiro atoms. The number of ether oxygens (including phenoxy) is 1. The summed E-state index contributed by atoms with van der Waals surface area (Å²) in [6.45, 7) is 1.12. The Labute approximate surface area is 150 Å². The number of likely N-dealkylation sites (tertiary alicyclic amines) is 1. The van der Waals surface area contributed by atoms with Crippen LogP contribution in [0.1, 0.15) is 23.7 Å². The third kappa shape index (κ3) is 3.28. The Kier molecular flexibility index (Phi) is 4.35. The Morgan fingerprint density at radius 3 is 2.92 bits per heavy atom. The first kappa shape index (κ1) is 16.3. The van der Waals surface area contributed by atoms with Gasteiger partial charge in [0.15, 0.2) is 5.82 Å². The van der Waals surface area contributed by atoms with Crippen LogP contribution >= 0.6 is 0 Å². The lowest BCUT2D eigenvalue weighted by Crippen LogP contribution is -2.24. The summed E-state index contributed by atoms with van der Waals surface area (Å²) in [6.07, 6.45) is 3.74. The molecule has 0 saturated carbocycles. The second kappa shape index (κ2) is 6.95. The topological polar surface area (TPSA) is 81.3 Å². The van der Waals surface area contributed by atoms with E-state index in [1.165, 1.54) is 0 Å². The molecule has 26 heavy (non-hydrogen) atoms. The molecule has 1 fully saturated rings. The highest BCUT2D eigenvalue weighted by atomic mass is 16.5. The minimum Gasteiger partial charge on any atom is -0.497 e. The second-order valence-corrected chi connectivity index (χ2v) is 6.22. The molecule has 3 aromatic rings. The van der Waals surface area contributed by atoms with Crippen molar-refractivity contribution in [2.24, 2.45) is 0 Å². The summed E-state index contributed by atoms with van der Waals surface area (Å²) in [5.74, 6) is 1.82. The third-order valence-electron chi connectivity index (χ3n) is 4.46. The molecule has 7 heteroatoms. The fourth-order valence-corrected chi connectivity index (χ4v) is 3.10. The standard InChI is InChI=1S/C19H18N4O3/c1-25-16-4-2-3-13(9-16)11-23-12-15(10-17(23)24)18-21-19(26-22-18)14-5-7-20-8-6-14/h2-9,15H,10-12H2,1H3. The van der Waals surface area contributed by atoms with Gasteiger partial charge in [0.05, 0.1) is 7.11 Å². The molecule has 132 valence electrons. The van der Waals surface area contributed by atoms with Crippen molar-refractivity contribution in [2.45, 2.75) is 18.9 Å². The number of carbonyl (C=O) groups excluding carboxylic acids is 1. The van der Waals surface area contributed by atoms with Crippen molar-refractivity contribution in [3.63, 3.8) is 0 Å². The van der Waals surface area contributed by atoms with Crippen molar-refractivity contribution in [3.8, 4) is 17.2 Å². The molecule has 4 rings (SSSR count). The predicted octanol–water partition coefficient (Wildman–Crippen LogP) is 2.66. The zero-order valence-electron chi connectivity index (χ0n) is 14.3. The molecule has 2 aromatic heterocycles. The Balaban J connectivity index is 1.47. The molecular weight excluding hydrogens is 332 g/mol. The van der Waals surface area contributed by atoms with Gasteiger partial charge in [-0.3, -0.25) is 9.78 Å². The van der Waals surface area contributed by atoms with Crippen LogP contribution in [0.3, 0.4) is 0 Å². The highest BCUT2D eigenvalue weighted by Crippen LogP contribution is 2.29. The van der Waals surface area contributed by atoms with Crippen LogP contribution in [-0.2, 0) is 11.3 Å². The molecule has 7 nitrogen and oxygen atoms in total. The van der Waals surface area contributed by atoms with E-state index in [1.54, 1.807) is 19.5 Å². The van der Waals surface area contributed by atoms with Crippen LogP contribution in [0.2, 0.25) is 0 Å². The number of benzene rings is 1. The number of hydrogen-bond acceptors (Lipinski definition) is 6. The van der Waals surface area contributed by atoms with E-state index < -0.39 is 0 Å². The average molecular weight is 350 g/mol. The average Bonchev–Trinajstić information content (AvgIpc) is 3.30. The van der Waals surface area contributed by atoms with Crippen molar-refractivity contribution in [1.29, 1.82) is 0 Å². The van der Waals surface area contributed by atoms with Crippen molar-refractivity contribution in [2.75, 3.05) is 13.7 Å². The Hall–Kier alpha value is -3.22. The number of carbonyl (C=O) groups is 1. The fraction of sp³-hybridized carbons (Fsp3) is 0.263. The Morgan fingerprint density at radius 1 is 1.27 bits per heavy atom. The zero-order chi connectivity index (χ0) is 17.9. The van der Waals surface area contributed by atoms with E-state index in [-0.39, 0.29) is 11.8 Å². The molecule has 1 unspecified atom stereocenters. The van der Waals surface area contributed by atoms with Crippen LogP contribution in [0.5, 0.6) is 5.75 Å². The minimum absolute atomic E-state index is 0.0626. The number of pyridine rings is 1. The Bertz CT molecular complexity index is 910. The highest BCUT2D eigenvalue weighted by molar-refractivity contribution is 5.79. The number of nitrogens with zero attached hydrogens (tertiary/aromatic N) is 4. The Morgan fingerprint density at radius 2 is 2.12 bits per heavy atom. The van der Waals surface area contributed by atoms with Crippen LogP contribution in [0, 0.1) is 0 Å². The molecular formula is C19H18N4O3. The van der Waals surface area contributed by atoms with Gasteiger partial charge >= 0.3 is 0 Å². The molecule has 1 atom stereocenters. The largest absolute Gasteiger partial charge is 0.497 e. The lowest BCUT2D eigenvalue weighted by atomic mass is 10.1. The molecule has 0 bridgehead atoms. The van der Waals surface area contributed by atoms with Gasteiger partial charge in [0.2, 0.25) is 5.91 Å². The van der Waals surface area contributed by atoms with E-state index in [9.17, 15) is 4.79 Å². The summed E-state index contributed by atoms with van der Waals surface area (Å²) in [5.41, 5.74) is 1.85. The van der Waals surface area contributed by atoms with Gasteiger partial charge < -0.3 is 14.2 Å². The molecule has 1 aliphatic heterocycles. The lowest BCUT2D eigenvalue weighted by molar-refractivity contribution is -0.128. The smallest absolute Gasteiger partial charge is 0.258 e. The SMILES string of the molecule is COc1cccc(CN2CC(c3noc(-c4ccncc4)n3)CC2=O)c1. The first-order valence-electron chi connectivity index (χ1n) is 8.37. The molecule has 1 aromatic carbocycles. The van der Waals surface area contributed by atoms with Crippen LogP contribution < -0.4 is 4.74 Å². The molecule has 1 saturated heterocycles. The van der Waals surface area contributed by atoms with E-state index in [1.807, 2.05) is 41.3 Å². The molecule has 1 aliphatic rings. The first-order valence-corrected chi connectivity index (χ1v) is 8.37. The van der Waals surface area contributed by atoms with Gasteiger partial charge in [-0.15, -0.1) is 0 Å². The van der Waals surface area contributed by atoms with E-state index in [4.69, 9.17) is 9.26 Å². The summed E-state index contributed by atoms with van der Waals surface area (Å²) < 4.78 is 10.6. The van der Waals surface area contributed by atoms with Gasteiger partial charge in [0.25, 0.3) is 5.89 Å². The highest BCUT2D eigenvalue weighted by Gasteiger charge is 2.33. The molecule has 1 amide bonds. The third-order valence-corrected chi connectivity index (χ3v) is 4.46.